The van der Waals surface area contributed by atoms with Crippen LogP contribution in [0.1, 0.15) is 6.42 Å². The molecule has 0 spiro atoms. The van der Waals surface area contributed by atoms with Gasteiger partial charge in [-0.05, 0) is 18.4 Å². The Labute approximate surface area is 131 Å². The Morgan fingerprint density at radius 1 is 1.43 bits per heavy atom. The Morgan fingerprint density at radius 2 is 2.24 bits per heavy atom. The molecule has 3 rings (SSSR count). The van der Waals surface area contributed by atoms with Crippen LogP contribution in [-0.4, -0.2) is 29.7 Å². The number of ether oxygens (including phenoxy) is 2. The molecule has 0 aromatic carbocycles. The number of methoxy groups -OCH3 is 1. The molecule has 0 amide bonds. The fraction of sp³-hybridized carbons (Fsp3) is 0.357. The second-order valence-electron chi connectivity index (χ2n) is 4.94. The first-order valence-corrected chi connectivity index (χ1v) is 7.16. The van der Waals surface area contributed by atoms with Crippen molar-refractivity contribution >= 4 is 40.2 Å². The number of aromatic nitrogens is 2. The molecule has 2 atom stereocenters. The first-order chi connectivity index (χ1) is 10.1. The third-order valence-corrected chi connectivity index (χ3v) is 3.85. The van der Waals surface area contributed by atoms with Gasteiger partial charge in [0.1, 0.15) is 10.7 Å². The summed E-state index contributed by atoms with van der Waals surface area (Å²) in [4.78, 5) is 20.2. The Bertz CT molecular complexity index is 708. The van der Waals surface area contributed by atoms with Gasteiger partial charge < -0.3 is 9.47 Å². The zero-order valence-corrected chi connectivity index (χ0v) is 12.7. The summed E-state index contributed by atoms with van der Waals surface area (Å²) >= 11 is 11.9. The molecule has 1 fully saturated rings. The van der Waals surface area contributed by atoms with Gasteiger partial charge in [0.25, 0.3) is 0 Å². The van der Waals surface area contributed by atoms with Crippen LogP contribution in [0.5, 0.6) is 5.75 Å². The summed E-state index contributed by atoms with van der Waals surface area (Å²) in [6.07, 6.45) is 2.25. The number of hydrogen-bond donors (Lipinski definition) is 0. The van der Waals surface area contributed by atoms with E-state index in [9.17, 15) is 4.79 Å². The molecule has 2 heterocycles. The van der Waals surface area contributed by atoms with Crippen LogP contribution < -0.4 is 4.74 Å². The van der Waals surface area contributed by atoms with Crippen molar-refractivity contribution < 1.29 is 14.3 Å². The van der Waals surface area contributed by atoms with Crippen molar-refractivity contribution in [1.82, 2.24) is 9.97 Å². The summed E-state index contributed by atoms with van der Waals surface area (Å²) in [5.41, 5.74) is 1.01. The average Bonchev–Trinajstić information content (AvgIpc) is 3.18. The minimum Gasteiger partial charge on any atom is -0.425 e. The standard InChI is InChI=1S/C14H12Cl2N2O3/c1-20-6-7-2-9(7)14(19)21-8-3-11-13(17-5-8)10(15)4-12(16)18-11/h3-5,7,9H,2,6H2,1H3. The average molecular weight is 327 g/mol. The van der Waals surface area contributed by atoms with Gasteiger partial charge in [-0.25, -0.2) is 9.97 Å². The number of pyridine rings is 2. The van der Waals surface area contributed by atoms with E-state index in [4.69, 9.17) is 32.7 Å². The third-order valence-electron chi connectivity index (χ3n) is 3.37. The molecule has 110 valence electrons. The Kier molecular flexibility index (Phi) is 3.97. The van der Waals surface area contributed by atoms with E-state index >= 15 is 0 Å². The number of nitrogens with zero attached hydrogens (tertiary/aromatic N) is 2. The zero-order chi connectivity index (χ0) is 15.0. The fourth-order valence-electron chi connectivity index (χ4n) is 2.21. The SMILES string of the molecule is COCC1CC1C(=O)Oc1cnc2c(Cl)cc(Cl)nc2c1. The van der Waals surface area contributed by atoms with Gasteiger partial charge in [-0.2, -0.15) is 0 Å². The highest BCUT2D eigenvalue weighted by Gasteiger charge is 2.44. The van der Waals surface area contributed by atoms with Crippen molar-refractivity contribution in [2.45, 2.75) is 6.42 Å². The predicted octanol–water partition coefficient (Wildman–Crippen LogP) is 3.12. The smallest absolute Gasteiger partial charge is 0.314 e. The van der Waals surface area contributed by atoms with Gasteiger partial charge in [-0.1, -0.05) is 23.2 Å². The normalized spacial score (nSPS) is 20.5. The largest absolute Gasteiger partial charge is 0.425 e. The van der Waals surface area contributed by atoms with E-state index in [-0.39, 0.29) is 23.0 Å². The molecular formula is C14H12Cl2N2O3. The molecule has 1 aliphatic rings. The summed E-state index contributed by atoms with van der Waals surface area (Å²) in [6.45, 7) is 0.572. The second-order valence-corrected chi connectivity index (χ2v) is 5.74. The molecule has 0 saturated heterocycles. The quantitative estimate of drug-likeness (QED) is 0.638. The number of carbonyl (C=O) groups is 1. The minimum atomic E-state index is -0.272. The van der Waals surface area contributed by atoms with Gasteiger partial charge in [0.2, 0.25) is 0 Å². The Balaban J connectivity index is 1.77. The lowest BCUT2D eigenvalue weighted by molar-refractivity contribution is -0.136. The van der Waals surface area contributed by atoms with E-state index in [1.54, 1.807) is 13.2 Å². The maximum atomic E-state index is 12.0. The molecule has 1 saturated carbocycles. The van der Waals surface area contributed by atoms with Crippen LogP contribution in [0.15, 0.2) is 18.3 Å². The summed E-state index contributed by atoms with van der Waals surface area (Å²) in [5, 5.41) is 0.672. The number of hydrogen-bond acceptors (Lipinski definition) is 5. The topological polar surface area (TPSA) is 61.3 Å². The van der Waals surface area contributed by atoms with Crippen molar-refractivity contribution in [3.8, 4) is 5.75 Å². The van der Waals surface area contributed by atoms with E-state index in [0.29, 0.717) is 28.4 Å². The van der Waals surface area contributed by atoms with Crippen LogP contribution in [0.25, 0.3) is 11.0 Å². The maximum Gasteiger partial charge on any atom is 0.314 e. The van der Waals surface area contributed by atoms with E-state index in [0.717, 1.165) is 6.42 Å². The maximum absolute atomic E-state index is 12.0. The highest BCUT2D eigenvalue weighted by molar-refractivity contribution is 6.37. The van der Waals surface area contributed by atoms with Crippen LogP contribution >= 0.6 is 23.2 Å². The van der Waals surface area contributed by atoms with Gasteiger partial charge in [0, 0.05) is 19.8 Å². The molecule has 0 bridgehead atoms. The van der Waals surface area contributed by atoms with Gasteiger partial charge in [-0.15, -0.1) is 0 Å². The summed E-state index contributed by atoms with van der Waals surface area (Å²) < 4.78 is 10.3. The van der Waals surface area contributed by atoms with Crippen molar-refractivity contribution in [2.24, 2.45) is 11.8 Å². The molecule has 0 N–H and O–H groups in total. The number of fused-ring (bicyclic) bond motifs is 1. The molecule has 2 unspecified atom stereocenters. The lowest BCUT2D eigenvalue weighted by Crippen LogP contribution is -2.13. The van der Waals surface area contributed by atoms with Crippen LogP contribution in [0.4, 0.5) is 0 Å². The molecule has 0 aliphatic heterocycles. The highest BCUT2D eigenvalue weighted by atomic mass is 35.5. The van der Waals surface area contributed by atoms with Gasteiger partial charge in [0.05, 0.1) is 22.7 Å². The summed E-state index contributed by atoms with van der Waals surface area (Å²) in [7, 11) is 1.62. The lowest BCUT2D eigenvalue weighted by atomic mass is 10.3. The van der Waals surface area contributed by atoms with E-state index in [1.807, 2.05) is 0 Å². The molecule has 5 nitrogen and oxygen atoms in total. The number of esters is 1. The third kappa shape index (κ3) is 3.10. The predicted molar refractivity (Wildman–Crippen MR) is 78.7 cm³/mol. The van der Waals surface area contributed by atoms with Crippen LogP contribution in [-0.2, 0) is 9.53 Å². The van der Waals surface area contributed by atoms with Crippen molar-refractivity contribution in [3.63, 3.8) is 0 Å². The van der Waals surface area contributed by atoms with E-state index < -0.39 is 0 Å². The first kappa shape index (κ1) is 14.5. The molecular weight excluding hydrogens is 315 g/mol. The second kappa shape index (κ2) is 5.75. The molecule has 7 heteroatoms. The summed E-state index contributed by atoms with van der Waals surface area (Å²) in [6, 6.07) is 3.12. The Hall–Kier alpha value is -1.43. The number of carbonyl (C=O) groups excluding carboxylic acids is 1. The molecule has 1 aliphatic carbocycles. The Morgan fingerprint density at radius 3 is 3.00 bits per heavy atom. The van der Waals surface area contributed by atoms with Gasteiger partial charge >= 0.3 is 5.97 Å². The molecule has 2 aromatic heterocycles. The molecule has 21 heavy (non-hydrogen) atoms. The van der Waals surface area contributed by atoms with Gasteiger partial charge in [-0.3, -0.25) is 4.79 Å². The van der Waals surface area contributed by atoms with Gasteiger partial charge in [0.15, 0.2) is 5.75 Å². The van der Waals surface area contributed by atoms with Crippen molar-refractivity contribution in [1.29, 1.82) is 0 Å². The fourth-order valence-corrected chi connectivity index (χ4v) is 2.71. The first-order valence-electron chi connectivity index (χ1n) is 6.41. The summed E-state index contributed by atoms with van der Waals surface area (Å²) in [5.74, 6) is 0.210. The monoisotopic (exact) mass is 326 g/mol. The number of halogens is 2. The van der Waals surface area contributed by atoms with Crippen molar-refractivity contribution in [2.75, 3.05) is 13.7 Å². The number of rotatable bonds is 4. The van der Waals surface area contributed by atoms with E-state index in [2.05, 4.69) is 9.97 Å². The van der Waals surface area contributed by atoms with Crippen LogP contribution in [0.2, 0.25) is 10.2 Å². The van der Waals surface area contributed by atoms with Crippen LogP contribution in [0, 0.1) is 11.8 Å². The molecule has 0 radical (unpaired) electrons. The van der Waals surface area contributed by atoms with Crippen LogP contribution in [0.3, 0.4) is 0 Å². The zero-order valence-electron chi connectivity index (χ0n) is 11.2. The highest BCUT2D eigenvalue weighted by Crippen LogP contribution is 2.39. The minimum absolute atomic E-state index is 0.100. The lowest BCUT2D eigenvalue weighted by Gasteiger charge is -2.05. The molecule has 2 aromatic rings. The van der Waals surface area contributed by atoms with Crippen molar-refractivity contribution in [3.05, 3.63) is 28.5 Å². The van der Waals surface area contributed by atoms with E-state index in [1.165, 1.54) is 12.3 Å².